The highest BCUT2D eigenvalue weighted by molar-refractivity contribution is 7.13. The molecule has 0 spiro atoms. The van der Waals surface area contributed by atoms with Gasteiger partial charge in [0.05, 0.1) is 12.3 Å². The van der Waals surface area contributed by atoms with E-state index in [9.17, 15) is 4.79 Å². The third-order valence-corrected chi connectivity index (χ3v) is 6.59. The maximum Gasteiger partial charge on any atom is 0.224 e. The molecule has 4 aromatic rings. The number of rotatable bonds is 8. The molecule has 4 rings (SSSR count). The molecule has 0 aliphatic rings. The van der Waals surface area contributed by atoms with Crippen LogP contribution in [0.25, 0.3) is 21.8 Å². The predicted molar refractivity (Wildman–Crippen MR) is 135 cm³/mol. The minimum Gasteiger partial charge on any atom is -0.494 e. The smallest absolute Gasteiger partial charge is 0.224 e. The summed E-state index contributed by atoms with van der Waals surface area (Å²) in [6.07, 6.45) is 4.51. The Kier molecular flexibility index (Phi) is 7.37. The topological polar surface area (TPSA) is 64.1 Å². The Balaban J connectivity index is 1.30. The van der Waals surface area contributed by atoms with Crippen LogP contribution in [0.3, 0.4) is 0 Å². The summed E-state index contributed by atoms with van der Waals surface area (Å²) in [7, 11) is 0. The van der Waals surface area contributed by atoms with Crippen LogP contribution in [0.4, 0.5) is 5.69 Å². The fourth-order valence-electron chi connectivity index (χ4n) is 3.43. The normalized spacial score (nSPS) is 10.8. The second-order valence-corrected chi connectivity index (χ2v) is 8.96. The maximum atomic E-state index is 12.4. The maximum absolute atomic E-state index is 12.4. The first kappa shape index (κ1) is 23.0. The molecule has 168 valence electrons. The summed E-state index contributed by atoms with van der Waals surface area (Å²) in [5, 5.41) is 6.69. The van der Waals surface area contributed by atoms with Gasteiger partial charge in [-0.25, -0.2) is 4.98 Å². The Morgan fingerprint density at radius 2 is 1.82 bits per heavy atom. The van der Waals surface area contributed by atoms with Crippen LogP contribution in [0.15, 0.2) is 66.3 Å². The second-order valence-electron chi connectivity index (χ2n) is 7.73. The number of anilines is 1. The number of halogens is 1. The molecule has 0 saturated heterocycles. The van der Waals surface area contributed by atoms with Crippen molar-refractivity contribution in [3.8, 4) is 27.6 Å². The van der Waals surface area contributed by atoms with Gasteiger partial charge in [0.15, 0.2) is 0 Å². The van der Waals surface area contributed by atoms with E-state index in [0.29, 0.717) is 19.4 Å². The molecule has 2 heterocycles. The van der Waals surface area contributed by atoms with E-state index in [1.54, 1.807) is 23.7 Å². The van der Waals surface area contributed by atoms with Crippen LogP contribution in [0.5, 0.6) is 5.75 Å². The Hall–Kier alpha value is -3.22. The van der Waals surface area contributed by atoms with E-state index >= 15 is 0 Å². The Bertz CT molecular complexity index is 1230. The van der Waals surface area contributed by atoms with Crippen LogP contribution in [-0.2, 0) is 4.79 Å². The number of ether oxygens (including phenoxy) is 1. The molecule has 0 bridgehead atoms. The molecular weight excluding hydrogens is 454 g/mol. The van der Waals surface area contributed by atoms with E-state index < -0.39 is 0 Å². The molecule has 0 fully saturated rings. The van der Waals surface area contributed by atoms with Crippen molar-refractivity contribution in [1.29, 1.82) is 0 Å². The average molecular weight is 478 g/mol. The zero-order chi connectivity index (χ0) is 23.2. The van der Waals surface area contributed by atoms with Gasteiger partial charge in [0, 0.05) is 46.0 Å². The first-order chi connectivity index (χ1) is 16.0. The van der Waals surface area contributed by atoms with Crippen molar-refractivity contribution in [3.05, 3.63) is 82.5 Å². The standard InChI is InChI=1S/C26H24ClN3O2S/c1-17-13-22(14-18(2)25(17)27)32-12-4-7-24(31)29-21-6-3-5-20(15-21)23-16-33-26(30-23)19-8-10-28-11-9-19/h3,5-6,8-11,13-16H,4,7,12H2,1-2H3,(H,29,31). The highest BCUT2D eigenvalue weighted by Gasteiger charge is 2.09. The molecule has 0 atom stereocenters. The number of carbonyl (C=O) groups is 1. The molecule has 2 aromatic carbocycles. The Morgan fingerprint density at radius 3 is 2.58 bits per heavy atom. The monoisotopic (exact) mass is 477 g/mol. The van der Waals surface area contributed by atoms with Crippen molar-refractivity contribution in [2.24, 2.45) is 0 Å². The average Bonchev–Trinajstić information content (AvgIpc) is 3.31. The number of hydrogen-bond acceptors (Lipinski definition) is 5. The van der Waals surface area contributed by atoms with Crippen molar-refractivity contribution < 1.29 is 9.53 Å². The molecule has 0 radical (unpaired) electrons. The van der Waals surface area contributed by atoms with Crippen molar-refractivity contribution >= 4 is 34.5 Å². The molecule has 7 heteroatoms. The summed E-state index contributed by atoms with van der Waals surface area (Å²) >= 11 is 7.78. The molecule has 0 unspecified atom stereocenters. The third kappa shape index (κ3) is 5.97. The van der Waals surface area contributed by atoms with Crippen molar-refractivity contribution in [3.63, 3.8) is 0 Å². The number of aromatic nitrogens is 2. The molecule has 5 nitrogen and oxygen atoms in total. The van der Waals surface area contributed by atoms with Crippen LogP contribution < -0.4 is 10.1 Å². The van der Waals surface area contributed by atoms with Gasteiger partial charge in [-0.2, -0.15) is 0 Å². The first-order valence-electron chi connectivity index (χ1n) is 10.7. The highest BCUT2D eigenvalue weighted by atomic mass is 35.5. The van der Waals surface area contributed by atoms with Gasteiger partial charge in [-0.1, -0.05) is 23.7 Å². The number of nitrogens with zero attached hydrogens (tertiary/aromatic N) is 2. The summed E-state index contributed by atoms with van der Waals surface area (Å²) in [5.41, 5.74) is 5.60. The van der Waals surface area contributed by atoms with Gasteiger partial charge in [-0.3, -0.25) is 9.78 Å². The molecule has 0 aliphatic heterocycles. The van der Waals surface area contributed by atoms with Gasteiger partial charge in [-0.05, 0) is 67.8 Å². The third-order valence-electron chi connectivity index (χ3n) is 5.10. The summed E-state index contributed by atoms with van der Waals surface area (Å²) in [5.74, 6) is 0.729. The number of amides is 1. The molecule has 0 aliphatic carbocycles. The van der Waals surface area contributed by atoms with Gasteiger partial charge >= 0.3 is 0 Å². The summed E-state index contributed by atoms with van der Waals surface area (Å²) < 4.78 is 5.79. The molecule has 0 saturated carbocycles. The Labute approximate surface area is 202 Å². The lowest BCUT2D eigenvalue weighted by Gasteiger charge is -2.10. The number of benzene rings is 2. The molecule has 1 amide bonds. The molecule has 2 aromatic heterocycles. The van der Waals surface area contributed by atoms with Crippen LogP contribution in [0, 0.1) is 13.8 Å². The van der Waals surface area contributed by atoms with Gasteiger partial charge in [-0.15, -0.1) is 11.3 Å². The number of carbonyl (C=O) groups excluding carboxylic acids is 1. The van der Waals surface area contributed by atoms with E-state index in [0.717, 1.165) is 49.4 Å². The fraction of sp³-hybridized carbons (Fsp3) is 0.192. The van der Waals surface area contributed by atoms with Crippen molar-refractivity contribution in [2.75, 3.05) is 11.9 Å². The minimum atomic E-state index is -0.0463. The van der Waals surface area contributed by atoms with Crippen molar-refractivity contribution in [2.45, 2.75) is 26.7 Å². The number of pyridine rings is 1. The number of nitrogens with one attached hydrogen (secondary N) is 1. The minimum absolute atomic E-state index is 0.0463. The lowest BCUT2D eigenvalue weighted by atomic mass is 10.1. The fourth-order valence-corrected chi connectivity index (χ4v) is 4.37. The largest absolute Gasteiger partial charge is 0.494 e. The Morgan fingerprint density at radius 1 is 1.06 bits per heavy atom. The SMILES string of the molecule is Cc1cc(OCCCC(=O)Nc2cccc(-c3csc(-c4ccncc4)n3)c2)cc(C)c1Cl. The van der Waals surface area contributed by atoms with Crippen LogP contribution >= 0.6 is 22.9 Å². The van der Waals surface area contributed by atoms with Gasteiger partial charge in [0.25, 0.3) is 0 Å². The van der Waals surface area contributed by atoms with Gasteiger partial charge < -0.3 is 10.1 Å². The number of hydrogen-bond donors (Lipinski definition) is 1. The second kappa shape index (κ2) is 10.6. The van der Waals surface area contributed by atoms with Crippen LogP contribution in [0.1, 0.15) is 24.0 Å². The van der Waals surface area contributed by atoms with Gasteiger partial charge in [0.1, 0.15) is 10.8 Å². The molecule has 1 N–H and O–H groups in total. The predicted octanol–water partition coefficient (Wildman–Crippen LogP) is 6.94. The zero-order valence-corrected chi connectivity index (χ0v) is 20.0. The van der Waals surface area contributed by atoms with Gasteiger partial charge in [0.2, 0.25) is 5.91 Å². The zero-order valence-electron chi connectivity index (χ0n) is 18.5. The summed E-state index contributed by atoms with van der Waals surface area (Å²) in [6.45, 7) is 4.37. The van der Waals surface area contributed by atoms with Crippen molar-refractivity contribution in [1.82, 2.24) is 9.97 Å². The van der Waals surface area contributed by atoms with E-state index in [1.807, 2.05) is 67.8 Å². The van der Waals surface area contributed by atoms with E-state index in [1.165, 1.54) is 0 Å². The number of aryl methyl sites for hydroxylation is 2. The van der Waals surface area contributed by atoms with E-state index in [4.69, 9.17) is 21.3 Å². The lowest BCUT2D eigenvalue weighted by Crippen LogP contribution is -2.12. The van der Waals surface area contributed by atoms with E-state index in [2.05, 4.69) is 10.3 Å². The van der Waals surface area contributed by atoms with Crippen LogP contribution in [0.2, 0.25) is 5.02 Å². The quantitative estimate of drug-likeness (QED) is 0.279. The van der Waals surface area contributed by atoms with E-state index in [-0.39, 0.29) is 5.91 Å². The lowest BCUT2D eigenvalue weighted by molar-refractivity contribution is -0.116. The summed E-state index contributed by atoms with van der Waals surface area (Å²) in [6, 6.07) is 15.5. The molecule has 33 heavy (non-hydrogen) atoms. The highest BCUT2D eigenvalue weighted by Crippen LogP contribution is 2.30. The number of thiazole rings is 1. The molecular formula is C26H24ClN3O2S. The van der Waals surface area contributed by atoms with Crippen LogP contribution in [-0.4, -0.2) is 22.5 Å². The summed E-state index contributed by atoms with van der Waals surface area (Å²) in [4.78, 5) is 21.2. The first-order valence-corrected chi connectivity index (χ1v) is 11.9.